The minimum absolute atomic E-state index is 0.258. The van der Waals surface area contributed by atoms with Crippen LogP contribution in [0.15, 0.2) is 39.5 Å². The molecule has 0 fully saturated rings. The fourth-order valence-electron chi connectivity index (χ4n) is 2.54. The highest BCUT2D eigenvalue weighted by Crippen LogP contribution is 2.35. The molecule has 1 aromatic carbocycles. The van der Waals surface area contributed by atoms with Crippen molar-refractivity contribution in [2.45, 2.75) is 6.92 Å². The van der Waals surface area contributed by atoms with Crippen molar-refractivity contribution in [3.8, 4) is 9.88 Å². The third-order valence-electron chi connectivity index (χ3n) is 3.84. The van der Waals surface area contributed by atoms with Gasteiger partial charge in [-0.25, -0.2) is 9.78 Å². The van der Waals surface area contributed by atoms with Crippen molar-refractivity contribution in [2.75, 3.05) is 5.32 Å². The van der Waals surface area contributed by atoms with Gasteiger partial charge in [0.15, 0.2) is 5.58 Å². The van der Waals surface area contributed by atoms with Gasteiger partial charge in [-0.05, 0) is 31.2 Å². The van der Waals surface area contributed by atoms with Crippen molar-refractivity contribution in [2.24, 2.45) is 7.05 Å². The van der Waals surface area contributed by atoms with Crippen LogP contribution in [0.1, 0.15) is 15.4 Å². The van der Waals surface area contributed by atoms with Gasteiger partial charge in [0.05, 0.1) is 20.4 Å². The van der Waals surface area contributed by atoms with Crippen LogP contribution in [0.2, 0.25) is 4.34 Å². The lowest BCUT2D eigenvalue weighted by Gasteiger charge is -2.03. The number of anilines is 1. The minimum atomic E-state index is -0.443. The number of nitrogens with zero attached hydrogens (tertiary/aromatic N) is 2. The van der Waals surface area contributed by atoms with Gasteiger partial charge in [0.2, 0.25) is 0 Å². The van der Waals surface area contributed by atoms with E-state index in [0.29, 0.717) is 31.7 Å². The number of thiophene rings is 1. The topological polar surface area (TPSA) is 77.1 Å². The molecule has 0 aliphatic carbocycles. The lowest BCUT2D eigenvalue weighted by atomic mass is 10.2. The maximum absolute atomic E-state index is 12.6. The van der Waals surface area contributed by atoms with Crippen molar-refractivity contribution in [3.05, 3.63) is 55.8 Å². The van der Waals surface area contributed by atoms with Crippen LogP contribution in [0.3, 0.4) is 0 Å². The first-order valence-electron chi connectivity index (χ1n) is 7.56. The van der Waals surface area contributed by atoms with Crippen LogP contribution >= 0.6 is 34.3 Å². The molecule has 4 aromatic rings. The molecule has 0 atom stereocenters. The van der Waals surface area contributed by atoms with Gasteiger partial charge >= 0.3 is 5.76 Å². The molecule has 0 bridgehead atoms. The number of benzene rings is 1. The van der Waals surface area contributed by atoms with Gasteiger partial charge in [0.1, 0.15) is 9.88 Å². The number of thiazole rings is 1. The van der Waals surface area contributed by atoms with Crippen LogP contribution in [0.5, 0.6) is 0 Å². The molecule has 26 heavy (non-hydrogen) atoms. The second-order valence-corrected chi connectivity index (χ2v) is 8.32. The molecule has 0 aliphatic rings. The summed E-state index contributed by atoms with van der Waals surface area (Å²) in [6, 6.07) is 8.78. The minimum Gasteiger partial charge on any atom is -0.408 e. The van der Waals surface area contributed by atoms with Crippen LogP contribution in [0, 0.1) is 6.92 Å². The van der Waals surface area contributed by atoms with E-state index in [9.17, 15) is 9.59 Å². The first-order valence-corrected chi connectivity index (χ1v) is 9.57. The predicted octanol–water partition coefficient (Wildman–Crippen LogP) is 4.53. The predicted molar refractivity (Wildman–Crippen MR) is 105 cm³/mol. The molecule has 9 heteroatoms. The summed E-state index contributed by atoms with van der Waals surface area (Å²) in [4.78, 5) is 30.1. The monoisotopic (exact) mass is 405 g/mol. The molecule has 0 aliphatic heterocycles. The molecule has 0 spiro atoms. The number of hydrogen-bond donors (Lipinski definition) is 1. The van der Waals surface area contributed by atoms with Gasteiger partial charge in [-0.1, -0.05) is 11.6 Å². The molecule has 1 amide bonds. The van der Waals surface area contributed by atoms with Crippen molar-refractivity contribution < 1.29 is 9.21 Å². The summed E-state index contributed by atoms with van der Waals surface area (Å²) in [6.45, 7) is 1.80. The van der Waals surface area contributed by atoms with Crippen LogP contribution in [0.25, 0.3) is 21.0 Å². The number of aryl methyl sites for hydroxylation is 2. The average Bonchev–Trinajstić information content (AvgIpc) is 3.26. The second kappa shape index (κ2) is 6.39. The maximum Gasteiger partial charge on any atom is 0.419 e. The zero-order valence-corrected chi connectivity index (χ0v) is 16.1. The summed E-state index contributed by atoms with van der Waals surface area (Å²) in [7, 11) is 1.63. The number of fused-ring (bicyclic) bond motifs is 1. The van der Waals surface area contributed by atoms with E-state index in [4.69, 9.17) is 16.0 Å². The largest absolute Gasteiger partial charge is 0.419 e. The number of hydrogen-bond acceptors (Lipinski definition) is 6. The number of amides is 1. The Kier molecular flexibility index (Phi) is 4.18. The summed E-state index contributed by atoms with van der Waals surface area (Å²) in [5, 5.41) is 3.59. The third kappa shape index (κ3) is 2.96. The molecule has 0 radical (unpaired) electrons. The van der Waals surface area contributed by atoms with Gasteiger partial charge in [0, 0.05) is 18.8 Å². The number of halogens is 1. The van der Waals surface area contributed by atoms with Gasteiger partial charge < -0.3 is 9.73 Å². The molecule has 3 heterocycles. The Hall–Kier alpha value is -2.42. The van der Waals surface area contributed by atoms with E-state index in [1.54, 1.807) is 38.2 Å². The highest BCUT2D eigenvalue weighted by Gasteiger charge is 2.18. The first kappa shape index (κ1) is 17.0. The molecular formula is C17H12ClN3O3S2. The normalized spacial score (nSPS) is 11.2. The molecule has 132 valence electrons. The number of carbonyl (C=O) groups is 1. The zero-order chi connectivity index (χ0) is 18.4. The molecule has 0 saturated carbocycles. The lowest BCUT2D eigenvalue weighted by molar-refractivity contribution is 0.103. The summed E-state index contributed by atoms with van der Waals surface area (Å²) < 4.78 is 7.24. The molecule has 0 unspecified atom stereocenters. The fourth-order valence-corrected chi connectivity index (χ4v) is 4.60. The van der Waals surface area contributed by atoms with Crippen LogP contribution in [-0.4, -0.2) is 15.5 Å². The molecular weight excluding hydrogens is 394 g/mol. The zero-order valence-electron chi connectivity index (χ0n) is 13.7. The fraction of sp³-hybridized carbons (Fsp3) is 0.118. The van der Waals surface area contributed by atoms with Crippen LogP contribution in [0.4, 0.5) is 5.69 Å². The Labute approximate surface area is 160 Å². The van der Waals surface area contributed by atoms with Crippen molar-refractivity contribution in [1.29, 1.82) is 0 Å². The van der Waals surface area contributed by atoms with Crippen molar-refractivity contribution >= 4 is 57.0 Å². The van der Waals surface area contributed by atoms with Gasteiger partial charge in [-0.15, -0.1) is 22.7 Å². The quantitative estimate of drug-likeness (QED) is 0.543. The standard InChI is InChI=1S/C17H12ClN3O3S2/c1-8-14(26-16(19-8)12-5-6-13(18)25-12)15(22)20-9-3-4-10-11(7-9)24-17(23)21(10)2/h3-7H,1-2H3,(H,20,22). The lowest BCUT2D eigenvalue weighted by Crippen LogP contribution is -2.11. The summed E-state index contributed by atoms with van der Waals surface area (Å²) in [6.07, 6.45) is 0. The molecule has 1 N–H and O–H groups in total. The summed E-state index contributed by atoms with van der Waals surface area (Å²) in [5.41, 5.74) is 2.29. The summed E-state index contributed by atoms with van der Waals surface area (Å²) in [5.74, 6) is -0.701. The van der Waals surface area contributed by atoms with E-state index >= 15 is 0 Å². The van der Waals surface area contributed by atoms with Gasteiger partial charge in [0.25, 0.3) is 5.91 Å². The third-order valence-corrected chi connectivity index (χ3v) is 6.39. The second-order valence-electron chi connectivity index (χ2n) is 5.60. The van der Waals surface area contributed by atoms with E-state index in [0.717, 1.165) is 9.88 Å². The SMILES string of the molecule is Cc1nc(-c2ccc(Cl)s2)sc1C(=O)Nc1ccc2c(c1)oc(=O)n2C. The Bertz CT molecular complexity index is 1200. The Morgan fingerprint density at radius 1 is 1.27 bits per heavy atom. The smallest absolute Gasteiger partial charge is 0.408 e. The average molecular weight is 406 g/mol. The Morgan fingerprint density at radius 2 is 2.08 bits per heavy atom. The number of carbonyl (C=O) groups excluding carboxylic acids is 1. The molecule has 4 rings (SSSR count). The Balaban J connectivity index is 1.62. The van der Waals surface area contributed by atoms with Crippen LogP contribution < -0.4 is 11.1 Å². The molecule has 3 aromatic heterocycles. The van der Waals surface area contributed by atoms with E-state index in [-0.39, 0.29) is 5.91 Å². The Morgan fingerprint density at radius 3 is 2.81 bits per heavy atom. The highest BCUT2D eigenvalue weighted by atomic mass is 35.5. The van der Waals surface area contributed by atoms with E-state index in [1.807, 2.05) is 6.07 Å². The van der Waals surface area contributed by atoms with E-state index < -0.39 is 5.76 Å². The molecule has 0 saturated heterocycles. The summed E-state index contributed by atoms with van der Waals surface area (Å²) >= 11 is 8.71. The van der Waals surface area contributed by atoms with Gasteiger partial charge in [-0.3, -0.25) is 9.36 Å². The van der Waals surface area contributed by atoms with Gasteiger partial charge in [-0.2, -0.15) is 0 Å². The maximum atomic E-state index is 12.6. The van der Waals surface area contributed by atoms with E-state index in [1.165, 1.54) is 27.2 Å². The number of rotatable bonds is 3. The number of aromatic nitrogens is 2. The number of oxazole rings is 1. The van der Waals surface area contributed by atoms with Crippen LogP contribution in [-0.2, 0) is 7.05 Å². The molecule has 6 nitrogen and oxygen atoms in total. The first-order chi connectivity index (χ1) is 12.4. The highest BCUT2D eigenvalue weighted by molar-refractivity contribution is 7.24. The van der Waals surface area contributed by atoms with Crippen molar-refractivity contribution in [3.63, 3.8) is 0 Å². The van der Waals surface area contributed by atoms with E-state index in [2.05, 4.69) is 10.3 Å². The number of nitrogens with one attached hydrogen (secondary N) is 1. The van der Waals surface area contributed by atoms with Crippen molar-refractivity contribution in [1.82, 2.24) is 9.55 Å².